The van der Waals surface area contributed by atoms with Crippen molar-refractivity contribution in [1.82, 2.24) is 4.90 Å². The first-order valence-corrected chi connectivity index (χ1v) is 23.4. The lowest BCUT2D eigenvalue weighted by Gasteiger charge is -2.21. The van der Waals surface area contributed by atoms with Crippen molar-refractivity contribution in [1.29, 1.82) is 0 Å². The molecule has 2 atom stereocenters. The molecule has 0 heterocycles. The fraction of sp³-hybridized carbons (Fsp3) is 1.00. The normalized spacial score (nSPS) is 12.7. The van der Waals surface area contributed by atoms with Crippen LogP contribution in [-0.2, 0) is 9.30 Å². The fourth-order valence-electron chi connectivity index (χ4n) is 6.41. The van der Waals surface area contributed by atoms with Gasteiger partial charge in [-0.3, -0.25) is 0 Å². The van der Waals surface area contributed by atoms with Crippen LogP contribution in [0.3, 0.4) is 0 Å². The SMILES string of the molecule is CCCCCCCCC(CCCCCC)COCC(CCCCCC)CCCCCCCC.CCCCN(CCO)CCCC.O=P(O)(O)O. The molecular formula is C42H92NO6P. The van der Waals surface area contributed by atoms with Crippen LogP contribution in [0.5, 0.6) is 0 Å². The highest BCUT2D eigenvalue weighted by molar-refractivity contribution is 7.45. The van der Waals surface area contributed by atoms with Crippen molar-refractivity contribution in [3.05, 3.63) is 0 Å². The number of nitrogens with zero attached hydrogens (tertiary/aromatic N) is 1. The molecule has 0 saturated heterocycles. The molecule has 7 nitrogen and oxygen atoms in total. The Hall–Kier alpha value is -0.0100. The number of aliphatic hydroxyl groups excluding tert-OH is 1. The monoisotopic (exact) mass is 738 g/mol. The largest absolute Gasteiger partial charge is 0.466 e. The van der Waals surface area contributed by atoms with E-state index >= 15 is 0 Å². The molecule has 0 bridgehead atoms. The lowest BCUT2D eigenvalue weighted by molar-refractivity contribution is 0.0587. The van der Waals surface area contributed by atoms with Crippen molar-refractivity contribution in [2.45, 2.75) is 221 Å². The average molecular weight is 738 g/mol. The summed E-state index contributed by atoms with van der Waals surface area (Å²) in [6, 6.07) is 0. The van der Waals surface area contributed by atoms with Crippen molar-refractivity contribution < 1.29 is 29.1 Å². The minimum absolute atomic E-state index is 0.299. The molecule has 0 fully saturated rings. The van der Waals surface area contributed by atoms with Crippen LogP contribution >= 0.6 is 7.82 Å². The first-order chi connectivity index (χ1) is 24.1. The summed E-state index contributed by atoms with van der Waals surface area (Å²) in [6.07, 6.45) is 38.8. The van der Waals surface area contributed by atoms with Crippen LogP contribution in [0.2, 0.25) is 0 Å². The van der Waals surface area contributed by atoms with Gasteiger partial charge in [0.05, 0.1) is 6.61 Å². The number of phosphoric acid groups is 1. The van der Waals surface area contributed by atoms with Gasteiger partial charge in [-0.1, -0.05) is 183 Å². The molecule has 50 heavy (non-hydrogen) atoms. The number of ether oxygens (including phenoxy) is 1. The molecule has 8 heteroatoms. The molecule has 0 aliphatic rings. The molecule has 0 aliphatic heterocycles. The highest BCUT2D eigenvalue weighted by Gasteiger charge is 2.13. The third kappa shape index (κ3) is 52.4. The van der Waals surface area contributed by atoms with Crippen LogP contribution in [0, 0.1) is 11.8 Å². The third-order valence-corrected chi connectivity index (χ3v) is 9.64. The topological polar surface area (TPSA) is 110 Å². The number of unbranched alkanes of at least 4 members (excludes halogenated alkanes) is 18. The zero-order chi connectivity index (χ0) is 38.0. The summed E-state index contributed by atoms with van der Waals surface area (Å²) in [5, 5.41) is 8.79. The van der Waals surface area contributed by atoms with Crippen LogP contribution in [0.4, 0.5) is 0 Å². The molecular weight excluding hydrogens is 645 g/mol. The molecule has 2 unspecified atom stereocenters. The Morgan fingerprint density at radius 1 is 0.440 bits per heavy atom. The second kappa shape index (κ2) is 45.1. The summed E-state index contributed by atoms with van der Waals surface area (Å²) >= 11 is 0. The fourth-order valence-corrected chi connectivity index (χ4v) is 6.41. The maximum absolute atomic E-state index is 8.88. The van der Waals surface area contributed by atoms with E-state index in [4.69, 9.17) is 29.1 Å². The standard InChI is InChI=1S/C32H66O.C10H23NO.H3O4P/c1-5-9-13-17-19-23-27-31(25-21-15-11-7-3)29-33-30-32(26-22-16-12-8-4)28-24-20-18-14-10-6-2;1-3-5-7-11(9-10-12)8-6-4-2;1-5(2,3)4/h31-32H,5-30H2,1-4H3;12H,3-10H2,1-2H3;(H3,1,2,3,4). The van der Waals surface area contributed by atoms with E-state index in [1.807, 2.05) is 0 Å². The lowest BCUT2D eigenvalue weighted by atomic mass is 9.94. The van der Waals surface area contributed by atoms with E-state index in [1.165, 1.54) is 180 Å². The number of aliphatic hydroxyl groups is 1. The van der Waals surface area contributed by atoms with Gasteiger partial charge in [-0.05, 0) is 63.5 Å². The predicted molar refractivity (Wildman–Crippen MR) is 219 cm³/mol. The second-order valence-corrected chi connectivity index (χ2v) is 15.9. The van der Waals surface area contributed by atoms with E-state index in [-0.39, 0.29) is 0 Å². The lowest BCUT2D eigenvalue weighted by Crippen LogP contribution is -2.28. The maximum Gasteiger partial charge on any atom is 0.466 e. The van der Waals surface area contributed by atoms with Gasteiger partial charge < -0.3 is 29.4 Å². The van der Waals surface area contributed by atoms with E-state index in [0.717, 1.165) is 44.7 Å². The first-order valence-electron chi connectivity index (χ1n) is 21.8. The zero-order valence-electron chi connectivity index (χ0n) is 34.7. The van der Waals surface area contributed by atoms with Crippen molar-refractivity contribution in [3.63, 3.8) is 0 Å². The van der Waals surface area contributed by atoms with Crippen molar-refractivity contribution in [2.75, 3.05) is 39.5 Å². The van der Waals surface area contributed by atoms with Gasteiger partial charge in [0.1, 0.15) is 0 Å². The minimum Gasteiger partial charge on any atom is -0.395 e. The Labute approximate surface area is 313 Å². The zero-order valence-corrected chi connectivity index (χ0v) is 35.6. The Balaban J connectivity index is -0.00000106. The molecule has 0 saturated carbocycles. The summed E-state index contributed by atoms with van der Waals surface area (Å²) < 4.78 is 15.3. The van der Waals surface area contributed by atoms with Gasteiger partial charge in [0.2, 0.25) is 0 Å². The van der Waals surface area contributed by atoms with Gasteiger partial charge in [-0.25, -0.2) is 4.57 Å². The van der Waals surface area contributed by atoms with Gasteiger partial charge in [0, 0.05) is 19.8 Å². The molecule has 4 N–H and O–H groups in total. The van der Waals surface area contributed by atoms with Crippen LogP contribution in [0.15, 0.2) is 0 Å². The molecule has 0 aromatic heterocycles. The van der Waals surface area contributed by atoms with Crippen LogP contribution in [-0.4, -0.2) is 64.1 Å². The predicted octanol–water partition coefficient (Wildman–Crippen LogP) is 12.6. The summed E-state index contributed by atoms with van der Waals surface area (Å²) in [4.78, 5) is 23.9. The average Bonchev–Trinajstić information content (AvgIpc) is 3.08. The van der Waals surface area contributed by atoms with E-state index in [2.05, 4.69) is 46.4 Å². The highest BCUT2D eigenvalue weighted by atomic mass is 31.2. The summed E-state index contributed by atoms with van der Waals surface area (Å²) in [6.45, 7) is 19.2. The summed E-state index contributed by atoms with van der Waals surface area (Å²) in [5.74, 6) is 1.62. The maximum atomic E-state index is 8.88. The second-order valence-electron chi connectivity index (χ2n) is 14.9. The van der Waals surface area contributed by atoms with E-state index < -0.39 is 7.82 Å². The minimum atomic E-state index is -4.64. The van der Waals surface area contributed by atoms with Crippen LogP contribution in [0.25, 0.3) is 0 Å². The summed E-state index contributed by atoms with van der Waals surface area (Å²) in [5.41, 5.74) is 0. The molecule has 0 rings (SSSR count). The quantitative estimate of drug-likeness (QED) is 0.0374. The molecule has 0 aromatic rings. The summed E-state index contributed by atoms with van der Waals surface area (Å²) in [7, 11) is -4.64. The number of hydrogen-bond donors (Lipinski definition) is 4. The molecule has 0 spiro atoms. The van der Waals surface area contributed by atoms with E-state index in [9.17, 15) is 0 Å². The Morgan fingerprint density at radius 3 is 0.980 bits per heavy atom. The van der Waals surface area contributed by atoms with Crippen LogP contribution < -0.4 is 0 Å². The third-order valence-electron chi connectivity index (χ3n) is 9.64. The van der Waals surface area contributed by atoms with E-state index in [1.54, 1.807) is 0 Å². The Kier molecular flexibility index (Phi) is 49.1. The molecule has 0 radical (unpaired) electrons. The number of hydrogen-bond acceptors (Lipinski definition) is 4. The van der Waals surface area contributed by atoms with Crippen molar-refractivity contribution in [2.24, 2.45) is 11.8 Å². The smallest absolute Gasteiger partial charge is 0.395 e. The van der Waals surface area contributed by atoms with E-state index in [0.29, 0.717) is 6.61 Å². The van der Waals surface area contributed by atoms with Crippen LogP contribution in [0.1, 0.15) is 221 Å². The molecule has 306 valence electrons. The molecule has 0 amide bonds. The first kappa shape index (κ1) is 54.3. The van der Waals surface area contributed by atoms with Gasteiger partial charge >= 0.3 is 7.82 Å². The van der Waals surface area contributed by atoms with Crippen molar-refractivity contribution >= 4 is 7.82 Å². The highest BCUT2D eigenvalue weighted by Crippen LogP contribution is 2.26. The number of rotatable bonds is 36. The van der Waals surface area contributed by atoms with Gasteiger partial charge in [-0.15, -0.1) is 0 Å². The van der Waals surface area contributed by atoms with Crippen molar-refractivity contribution in [3.8, 4) is 0 Å². The van der Waals surface area contributed by atoms with Gasteiger partial charge in [-0.2, -0.15) is 0 Å². The Morgan fingerprint density at radius 2 is 0.700 bits per heavy atom. The van der Waals surface area contributed by atoms with Gasteiger partial charge in [0.25, 0.3) is 0 Å². The van der Waals surface area contributed by atoms with Gasteiger partial charge in [0.15, 0.2) is 0 Å². The molecule has 0 aromatic carbocycles. The molecule has 0 aliphatic carbocycles. The Bertz CT molecular complexity index is 601.